The van der Waals surface area contributed by atoms with Gasteiger partial charge < -0.3 is 64.7 Å². The zero-order valence-electron chi connectivity index (χ0n) is 35.3. The molecule has 0 aliphatic heterocycles. The van der Waals surface area contributed by atoms with E-state index in [1.807, 2.05) is 65.1 Å². The smallest absolute Gasteiger partial charge is 0.315 e. The maximum absolute atomic E-state index is 13.4. The van der Waals surface area contributed by atoms with Crippen molar-refractivity contribution in [2.75, 3.05) is 32.7 Å². The minimum Gasteiger partial charge on any atom is -0.370 e. The first-order valence-electron chi connectivity index (χ1n) is 20.6. The van der Waals surface area contributed by atoms with Gasteiger partial charge in [0.25, 0.3) is 0 Å². The first-order valence-corrected chi connectivity index (χ1v) is 20.6. The van der Waals surface area contributed by atoms with Crippen LogP contribution < -0.4 is 59.7 Å². The first kappa shape index (κ1) is 48.9. The number of fused-ring (bicyclic) bond motifs is 1. The van der Waals surface area contributed by atoms with E-state index in [4.69, 9.17) is 17.2 Å². The van der Waals surface area contributed by atoms with Crippen LogP contribution in [0.15, 0.2) is 35.5 Å². The van der Waals surface area contributed by atoms with Gasteiger partial charge in [-0.25, -0.2) is 14.4 Å². The van der Waals surface area contributed by atoms with Gasteiger partial charge in [-0.3, -0.25) is 14.6 Å². The highest BCUT2D eigenvalue weighted by Crippen LogP contribution is 2.19. The number of carbonyl (C=O) groups excluding carboxylic acids is 5. The number of aliphatic imine (C=N–C) groups is 1. The number of aromatic amines is 1. The molecular weight excluding hydrogens is 743 g/mol. The third kappa shape index (κ3) is 20.2. The van der Waals surface area contributed by atoms with Crippen molar-refractivity contribution in [3.8, 4) is 0 Å². The molecule has 0 fully saturated rings. The van der Waals surface area contributed by atoms with Crippen molar-refractivity contribution >= 4 is 46.8 Å². The molecule has 5 atom stereocenters. The molecule has 8 amide bonds. The van der Waals surface area contributed by atoms with Crippen LogP contribution in [0.2, 0.25) is 0 Å². The van der Waals surface area contributed by atoms with Crippen LogP contribution in [-0.4, -0.2) is 104 Å². The molecule has 18 nitrogen and oxygen atoms in total. The second-order valence-electron chi connectivity index (χ2n) is 15.7. The number of benzene rings is 1. The van der Waals surface area contributed by atoms with Gasteiger partial charge >= 0.3 is 18.1 Å². The number of carbonyl (C=O) groups is 5. The summed E-state index contributed by atoms with van der Waals surface area (Å²) in [5.74, 6) is -0.0641. The molecule has 0 spiro atoms. The van der Waals surface area contributed by atoms with Crippen molar-refractivity contribution < 1.29 is 24.0 Å². The van der Waals surface area contributed by atoms with Gasteiger partial charge in [0, 0.05) is 80.8 Å². The summed E-state index contributed by atoms with van der Waals surface area (Å²) in [5.41, 5.74) is 18.4. The number of aromatic nitrogens is 1. The van der Waals surface area contributed by atoms with Gasteiger partial charge in [0.1, 0.15) is 0 Å². The topological polar surface area (TPSA) is 288 Å². The molecular formula is C40H71N13O5. The van der Waals surface area contributed by atoms with Crippen LogP contribution in [0.25, 0.3) is 10.9 Å². The van der Waals surface area contributed by atoms with Crippen LogP contribution in [0.5, 0.6) is 0 Å². The number of H-pyrrole nitrogens is 1. The summed E-state index contributed by atoms with van der Waals surface area (Å²) in [6.45, 7) is 12.8. The number of unbranched alkanes of at least 4 members (excludes halogenated alkanes) is 1. The van der Waals surface area contributed by atoms with Crippen LogP contribution in [0, 0.1) is 11.8 Å². The molecule has 0 unspecified atom stereocenters. The molecule has 2 rings (SSSR count). The number of nitrogens with two attached hydrogens (primary N) is 3. The summed E-state index contributed by atoms with van der Waals surface area (Å²) in [7, 11) is 0. The number of rotatable bonds is 26. The summed E-state index contributed by atoms with van der Waals surface area (Å²) in [5, 5.41) is 24.5. The van der Waals surface area contributed by atoms with Crippen LogP contribution in [0.4, 0.5) is 14.4 Å². The van der Waals surface area contributed by atoms with E-state index in [2.05, 4.69) is 52.5 Å². The van der Waals surface area contributed by atoms with Crippen molar-refractivity contribution in [1.29, 1.82) is 0 Å². The fourth-order valence-electron chi connectivity index (χ4n) is 6.43. The Kier molecular flexibility index (Phi) is 22.4. The maximum atomic E-state index is 13.4. The minimum atomic E-state index is -0.504. The van der Waals surface area contributed by atoms with Gasteiger partial charge in [0.15, 0.2) is 5.96 Å². The molecule has 1 aromatic carbocycles. The molecule has 15 N–H and O–H groups in total. The third-order valence-corrected chi connectivity index (χ3v) is 9.81. The average Bonchev–Trinajstić information content (AvgIpc) is 3.56. The summed E-state index contributed by atoms with van der Waals surface area (Å²) >= 11 is 0. The van der Waals surface area contributed by atoms with E-state index in [1.54, 1.807) is 0 Å². The highest BCUT2D eigenvalue weighted by Gasteiger charge is 2.22. The molecule has 0 aliphatic carbocycles. The Labute approximate surface area is 343 Å². The Balaban J connectivity index is 2.03. The van der Waals surface area contributed by atoms with Gasteiger partial charge in [-0.05, 0) is 75.5 Å². The van der Waals surface area contributed by atoms with E-state index >= 15 is 0 Å². The third-order valence-electron chi connectivity index (χ3n) is 9.81. The predicted molar refractivity (Wildman–Crippen MR) is 230 cm³/mol. The number of hydrogen-bond acceptors (Lipinski definition) is 7. The molecule has 1 heterocycles. The fourth-order valence-corrected chi connectivity index (χ4v) is 6.43. The quantitative estimate of drug-likeness (QED) is 0.0378. The van der Waals surface area contributed by atoms with Crippen molar-refractivity contribution in [1.82, 2.24) is 47.5 Å². The average molecular weight is 814 g/mol. The molecule has 0 saturated heterocycles. The number of hydrogen-bond donors (Lipinski definition) is 12. The first-order chi connectivity index (χ1) is 27.6. The fraction of sp³-hybridized carbons (Fsp3) is 0.650. The summed E-state index contributed by atoms with van der Waals surface area (Å²) in [6, 6.07) is 5.14. The highest BCUT2D eigenvalue weighted by atomic mass is 16.2. The Morgan fingerprint density at radius 2 is 1.33 bits per heavy atom. The maximum Gasteiger partial charge on any atom is 0.315 e. The van der Waals surface area contributed by atoms with Crippen molar-refractivity contribution in [2.45, 2.75) is 123 Å². The van der Waals surface area contributed by atoms with Gasteiger partial charge in [-0.1, -0.05) is 52.3 Å². The lowest BCUT2D eigenvalue weighted by Gasteiger charge is -2.25. The van der Waals surface area contributed by atoms with E-state index in [0.29, 0.717) is 32.4 Å². The SMILES string of the molecule is CC(=O)N[C@H](CNC(=O)N[C@@H](CCCCN)CNC(=O)N[C@H](CNC(=O)N[C@H](CCC(=O)N[C@H](C)CCCN=C(N)N)C(C)C)Cc1c[nH]c2ccccc12)C(C)C. The lowest BCUT2D eigenvalue weighted by molar-refractivity contribution is -0.122. The van der Waals surface area contributed by atoms with Crippen LogP contribution >= 0.6 is 0 Å². The van der Waals surface area contributed by atoms with E-state index in [-0.39, 0.29) is 79.8 Å². The molecule has 1 aromatic heterocycles. The zero-order chi connectivity index (χ0) is 43.0. The summed E-state index contributed by atoms with van der Waals surface area (Å²) in [6.07, 6.45) is 6.56. The normalized spacial score (nSPS) is 13.7. The number of nitrogens with one attached hydrogen (secondary N) is 9. The number of amides is 8. The molecule has 326 valence electrons. The molecule has 58 heavy (non-hydrogen) atoms. The molecule has 0 bridgehead atoms. The Hall–Kier alpha value is -5.26. The van der Waals surface area contributed by atoms with Crippen LogP contribution in [0.3, 0.4) is 0 Å². The van der Waals surface area contributed by atoms with Gasteiger partial charge in [-0.15, -0.1) is 0 Å². The van der Waals surface area contributed by atoms with Gasteiger partial charge in [0.2, 0.25) is 11.8 Å². The molecule has 18 heteroatoms. The van der Waals surface area contributed by atoms with Gasteiger partial charge in [0.05, 0.1) is 6.04 Å². The minimum absolute atomic E-state index is 0.0446. The summed E-state index contributed by atoms with van der Waals surface area (Å²) < 4.78 is 0. The van der Waals surface area contributed by atoms with Crippen LogP contribution in [0.1, 0.15) is 92.1 Å². The van der Waals surface area contributed by atoms with Crippen molar-refractivity contribution in [3.63, 3.8) is 0 Å². The standard InChI is InChI=1S/C40H71N13O5/c1-25(2)33(16-17-36(55)49-27(5)12-11-19-44-37(42)43)53-40(58)47-23-31(20-29-21-45-34-15-8-7-14-32(29)34)52-38(56)46-22-30(13-9-10-18-41)51-39(57)48-24-35(26(3)4)50-28(6)54/h7-8,14-15,21,25-27,30-31,33,35,45H,9-13,16-20,22-24,41H2,1-6H3,(H,49,55)(H,50,54)(H4,42,43,44)(H2,46,52,56)(H2,47,53,58)(H2,48,51,57)/t27-,30+,31+,33-,35-/m1/s1. The zero-order valence-corrected chi connectivity index (χ0v) is 35.3. The monoisotopic (exact) mass is 814 g/mol. The number of guanidine groups is 1. The second kappa shape index (κ2) is 26.6. The van der Waals surface area contributed by atoms with Gasteiger partial charge in [-0.2, -0.15) is 0 Å². The molecule has 2 aromatic rings. The predicted octanol–water partition coefficient (Wildman–Crippen LogP) is 2.00. The Bertz CT molecular complexity index is 1590. The Morgan fingerprint density at radius 3 is 1.97 bits per heavy atom. The van der Waals surface area contributed by atoms with E-state index in [0.717, 1.165) is 42.1 Å². The van der Waals surface area contributed by atoms with E-state index in [1.165, 1.54) is 6.92 Å². The van der Waals surface area contributed by atoms with E-state index in [9.17, 15) is 24.0 Å². The highest BCUT2D eigenvalue weighted by molar-refractivity contribution is 5.83. The number of urea groups is 3. The lowest BCUT2D eigenvalue weighted by atomic mass is 9.99. The van der Waals surface area contributed by atoms with Crippen molar-refractivity contribution in [3.05, 3.63) is 36.0 Å². The molecule has 0 saturated carbocycles. The van der Waals surface area contributed by atoms with Crippen molar-refractivity contribution in [2.24, 2.45) is 34.0 Å². The summed E-state index contributed by atoms with van der Waals surface area (Å²) in [4.78, 5) is 71.1. The Morgan fingerprint density at radius 1 is 0.707 bits per heavy atom. The number of para-hydroxylation sites is 1. The van der Waals surface area contributed by atoms with Crippen LogP contribution in [-0.2, 0) is 16.0 Å². The largest absolute Gasteiger partial charge is 0.370 e. The lowest BCUT2D eigenvalue weighted by Crippen LogP contribution is -2.54. The van der Waals surface area contributed by atoms with E-state index < -0.39 is 24.1 Å². The molecule has 0 aliphatic rings. The number of nitrogens with zero attached hydrogens (tertiary/aromatic N) is 1. The second-order valence-corrected chi connectivity index (χ2v) is 15.7. The molecule has 0 radical (unpaired) electrons.